The van der Waals surface area contributed by atoms with Gasteiger partial charge in [-0.25, -0.2) is 4.39 Å². The van der Waals surface area contributed by atoms with Gasteiger partial charge in [-0.1, -0.05) is 23.7 Å². The van der Waals surface area contributed by atoms with Gasteiger partial charge in [0.15, 0.2) is 0 Å². The minimum absolute atomic E-state index is 0.107. The summed E-state index contributed by atoms with van der Waals surface area (Å²) in [6.45, 7) is -0.273. The van der Waals surface area contributed by atoms with E-state index in [1.165, 1.54) is 17.8 Å². The average molecular weight is 251 g/mol. The summed E-state index contributed by atoms with van der Waals surface area (Å²) in [5.74, 6) is 0.400. The van der Waals surface area contributed by atoms with E-state index in [4.69, 9.17) is 21.8 Å². The van der Waals surface area contributed by atoms with Crippen LogP contribution < -0.4 is 0 Å². The Hall–Kier alpha value is -0.290. The predicted molar refractivity (Wildman–Crippen MR) is 60.7 cm³/mol. The fraction of sp³-hybridized carbons (Fsp3) is 0.400. The highest BCUT2D eigenvalue weighted by molar-refractivity contribution is 7.98. The van der Waals surface area contributed by atoms with E-state index in [0.717, 1.165) is 0 Å². The molecule has 5 heteroatoms. The Morgan fingerprint density at radius 2 is 2.20 bits per heavy atom. The van der Waals surface area contributed by atoms with Gasteiger partial charge in [-0.15, -0.1) is 0 Å². The molecule has 0 aliphatic rings. The molecule has 2 N–H and O–H groups in total. The molecule has 0 saturated carbocycles. The zero-order valence-electron chi connectivity index (χ0n) is 7.99. The van der Waals surface area contributed by atoms with E-state index >= 15 is 0 Å². The maximum atomic E-state index is 13.4. The standard InChI is InChI=1S/C10H12ClFO2S/c11-9-3-1-2-7(10(9)12)5-15-6-8(14)4-13/h1-3,8,13-14H,4-6H2. The summed E-state index contributed by atoms with van der Waals surface area (Å²) in [6.07, 6.45) is -0.753. The molecule has 0 aliphatic carbocycles. The second kappa shape index (κ2) is 6.33. The van der Waals surface area contributed by atoms with Crippen molar-refractivity contribution in [3.63, 3.8) is 0 Å². The maximum absolute atomic E-state index is 13.4. The second-order valence-corrected chi connectivity index (χ2v) is 4.50. The van der Waals surface area contributed by atoms with Gasteiger partial charge in [-0.3, -0.25) is 0 Å². The Labute approximate surface area is 97.1 Å². The lowest BCUT2D eigenvalue weighted by Crippen LogP contribution is -2.14. The second-order valence-electron chi connectivity index (χ2n) is 3.06. The van der Waals surface area contributed by atoms with Crippen LogP contribution in [0.5, 0.6) is 0 Å². The normalized spacial score (nSPS) is 12.8. The molecule has 1 rings (SSSR count). The Kier molecular flexibility index (Phi) is 5.39. The number of rotatable bonds is 5. The van der Waals surface area contributed by atoms with Gasteiger partial charge < -0.3 is 10.2 Å². The highest BCUT2D eigenvalue weighted by Gasteiger charge is 2.07. The Morgan fingerprint density at radius 3 is 2.87 bits per heavy atom. The lowest BCUT2D eigenvalue weighted by molar-refractivity contribution is 0.113. The van der Waals surface area contributed by atoms with Gasteiger partial charge >= 0.3 is 0 Å². The highest BCUT2D eigenvalue weighted by Crippen LogP contribution is 2.22. The molecule has 15 heavy (non-hydrogen) atoms. The molecule has 0 spiro atoms. The first kappa shape index (κ1) is 12.8. The van der Waals surface area contributed by atoms with E-state index in [0.29, 0.717) is 17.1 Å². The minimum Gasteiger partial charge on any atom is -0.394 e. The van der Waals surface area contributed by atoms with E-state index in [1.54, 1.807) is 12.1 Å². The van der Waals surface area contributed by atoms with Gasteiger partial charge in [0.1, 0.15) is 5.82 Å². The summed E-state index contributed by atoms with van der Waals surface area (Å²) in [5.41, 5.74) is 0.512. The third-order valence-electron chi connectivity index (χ3n) is 1.81. The number of aliphatic hydroxyl groups excluding tert-OH is 2. The van der Waals surface area contributed by atoms with Gasteiger partial charge in [-0.05, 0) is 11.6 Å². The molecular weight excluding hydrogens is 239 g/mol. The summed E-state index contributed by atoms with van der Waals surface area (Å²) in [4.78, 5) is 0. The van der Waals surface area contributed by atoms with Crippen molar-refractivity contribution in [1.82, 2.24) is 0 Å². The average Bonchev–Trinajstić information content (AvgIpc) is 2.24. The number of hydrogen-bond acceptors (Lipinski definition) is 3. The summed E-state index contributed by atoms with van der Waals surface area (Å²) >= 11 is 6.96. The maximum Gasteiger partial charge on any atom is 0.145 e. The Morgan fingerprint density at radius 1 is 1.47 bits per heavy atom. The van der Waals surface area contributed by atoms with Crippen molar-refractivity contribution in [1.29, 1.82) is 0 Å². The summed E-state index contributed by atoms with van der Waals surface area (Å²) in [7, 11) is 0. The summed E-state index contributed by atoms with van der Waals surface area (Å²) in [6, 6.07) is 4.83. The zero-order chi connectivity index (χ0) is 11.3. The van der Waals surface area contributed by atoms with E-state index < -0.39 is 11.9 Å². The molecule has 1 aromatic carbocycles. The molecule has 1 aromatic rings. The minimum atomic E-state index is -0.753. The van der Waals surface area contributed by atoms with Crippen LogP contribution in [0.1, 0.15) is 5.56 Å². The number of thioether (sulfide) groups is 1. The van der Waals surface area contributed by atoms with Gasteiger partial charge in [0, 0.05) is 11.5 Å². The molecule has 84 valence electrons. The van der Waals surface area contributed by atoms with Crippen LogP contribution in [0.4, 0.5) is 4.39 Å². The zero-order valence-corrected chi connectivity index (χ0v) is 9.56. The fourth-order valence-corrected chi connectivity index (χ4v) is 2.15. The van der Waals surface area contributed by atoms with Crippen molar-refractivity contribution in [3.8, 4) is 0 Å². The van der Waals surface area contributed by atoms with Crippen LogP contribution in [-0.4, -0.2) is 28.7 Å². The van der Waals surface area contributed by atoms with Crippen LogP contribution in [-0.2, 0) is 5.75 Å². The number of aliphatic hydroxyl groups is 2. The van der Waals surface area contributed by atoms with Crippen LogP contribution in [0.15, 0.2) is 18.2 Å². The predicted octanol–water partition coefficient (Wildman–Crippen LogP) is 2.07. The van der Waals surface area contributed by atoms with Crippen LogP contribution >= 0.6 is 23.4 Å². The number of benzene rings is 1. The molecule has 0 aliphatic heterocycles. The van der Waals surface area contributed by atoms with E-state index in [1.807, 2.05) is 0 Å². The topological polar surface area (TPSA) is 40.5 Å². The van der Waals surface area contributed by atoms with Crippen molar-refractivity contribution in [2.75, 3.05) is 12.4 Å². The van der Waals surface area contributed by atoms with Crippen molar-refractivity contribution in [2.24, 2.45) is 0 Å². The molecule has 0 saturated heterocycles. The van der Waals surface area contributed by atoms with Gasteiger partial charge in [0.25, 0.3) is 0 Å². The first-order chi connectivity index (χ1) is 7.15. The van der Waals surface area contributed by atoms with Crippen LogP contribution in [0.25, 0.3) is 0 Å². The smallest absolute Gasteiger partial charge is 0.145 e. The fourth-order valence-electron chi connectivity index (χ4n) is 1.02. The molecule has 0 bridgehead atoms. The molecule has 2 nitrogen and oxygen atoms in total. The van der Waals surface area contributed by atoms with Crippen molar-refractivity contribution in [2.45, 2.75) is 11.9 Å². The number of halogens is 2. The quantitative estimate of drug-likeness (QED) is 0.841. The molecule has 0 fully saturated rings. The molecular formula is C10H12ClFO2S. The monoisotopic (exact) mass is 250 g/mol. The largest absolute Gasteiger partial charge is 0.394 e. The molecule has 1 unspecified atom stereocenters. The van der Waals surface area contributed by atoms with Crippen molar-refractivity contribution >= 4 is 23.4 Å². The van der Waals surface area contributed by atoms with Crippen LogP contribution in [0.3, 0.4) is 0 Å². The molecule has 1 atom stereocenters. The van der Waals surface area contributed by atoms with Gasteiger partial charge in [0.2, 0.25) is 0 Å². The molecule has 0 radical (unpaired) electrons. The number of hydrogen-bond donors (Lipinski definition) is 2. The first-order valence-corrected chi connectivity index (χ1v) is 5.98. The summed E-state index contributed by atoms with van der Waals surface area (Å²) in [5, 5.41) is 17.7. The Balaban J connectivity index is 2.47. The van der Waals surface area contributed by atoms with Crippen molar-refractivity contribution < 1.29 is 14.6 Å². The van der Waals surface area contributed by atoms with Gasteiger partial charge in [-0.2, -0.15) is 11.8 Å². The van der Waals surface area contributed by atoms with Crippen molar-refractivity contribution in [3.05, 3.63) is 34.6 Å². The lowest BCUT2D eigenvalue weighted by atomic mass is 10.2. The van der Waals surface area contributed by atoms with Crippen LogP contribution in [0.2, 0.25) is 5.02 Å². The van der Waals surface area contributed by atoms with Gasteiger partial charge in [0.05, 0.1) is 17.7 Å². The van der Waals surface area contributed by atoms with E-state index in [2.05, 4.69) is 0 Å². The molecule has 0 amide bonds. The first-order valence-electron chi connectivity index (χ1n) is 4.44. The third-order valence-corrected chi connectivity index (χ3v) is 3.24. The Bertz CT molecular complexity index is 322. The summed E-state index contributed by atoms with van der Waals surface area (Å²) < 4.78 is 13.4. The highest BCUT2D eigenvalue weighted by atomic mass is 35.5. The van der Waals surface area contributed by atoms with Crippen LogP contribution in [0, 0.1) is 5.82 Å². The SMILES string of the molecule is OCC(O)CSCc1cccc(Cl)c1F. The third kappa shape index (κ3) is 3.99. The van der Waals surface area contributed by atoms with E-state index in [-0.39, 0.29) is 11.6 Å². The molecule has 0 aromatic heterocycles. The molecule has 0 heterocycles. The van der Waals surface area contributed by atoms with E-state index in [9.17, 15) is 4.39 Å². The lowest BCUT2D eigenvalue weighted by Gasteiger charge is -2.07.